The third kappa shape index (κ3) is 2.29. The highest BCUT2D eigenvalue weighted by molar-refractivity contribution is 6.11. The molecule has 0 aliphatic carbocycles. The average Bonchev–Trinajstić information content (AvgIpc) is 2.62. The van der Waals surface area contributed by atoms with Crippen LogP contribution in [0.4, 0.5) is 11.4 Å². The Hall–Kier alpha value is -2.86. The summed E-state index contributed by atoms with van der Waals surface area (Å²) in [5.74, 6) is 0. The van der Waals surface area contributed by atoms with E-state index in [0.717, 1.165) is 6.42 Å². The molecule has 1 aliphatic heterocycles. The van der Waals surface area contributed by atoms with E-state index in [9.17, 15) is 0 Å². The first-order valence-corrected chi connectivity index (χ1v) is 9.00. The average molecular weight is 342 g/mol. The van der Waals surface area contributed by atoms with Crippen molar-refractivity contribution in [2.45, 2.75) is 32.7 Å². The number of aryl methyl sites for hydroxylation is 2. The minimum atomic E-state index is -0.410. The van der Waals surface area contributed by atoms with Crippen molar-refractivity contribution in [3.05, 3.63) is 65.1 Å². The Kier molecular flexibility index (Phi) is 3.56. The number of hydrogen-bond donors (Lipinski definition) is 0. The monoisotopic (exact) mass is 342 g/mol. The number of hydrogen-bond acceptors (Lipinski definition) is 1. The predicted octanol–water partition coefficient (Wildman–Crippen LogP) is 4.96. The van der Waals surface area contributed by atoms with Crippen molar-refractivity contribution < 1.29 is 4.57 Å². The maximum atomic E-state index is 7.54. The molecule has 0 bridgehead atoms. The van der Waals surface area contributed by atoms with E-state index in [-0.39, 0.29) is 0 Å². The molecule has 2 heterocycles. The first-order chi connectivity index (χ1) is 12.3. The van der Waals surface area contributed by atoms with Crippen LogP contribution in [-0.2, 0) is 13.5 Å². The van der Waals surface area contributed by atoms with Crippen LogP contribution in [0.15, 0.2) is 42.6 Å². The van der Waals surface area contributed by atoms with E-state index in [2.05, 4.69) is 77.9 Å². The normalized spacial score (nSPS) is 12.8. The fourth-order valence-electron chi connectivity index (χ4n) is 4.16. The molecule has 3 heteroatoms. The van der Waals surface area contributed by atoms with Crippen LogP contribution in [0.2, 0.25) is 0 Å². The molecule has 2 aromatic carbocycles. The van der Waals surface area contributed by atoms with Gasteiger partial charge in [0.05, 0.1) is 12.0 Å². The molecule has 0 saturated heterocycles. The lowest BCUT2D eigenvalue weighted by atomic mass is 9.87. The summed E-state index contributed by atoms with van der Waals surface area (Å²) in [6.45, 7) is 13.8. The van der Waals surface area contributed by atoms with Crippen molar-refractivity contribution in [2.24, 2.45) is 7.05 Å². The zero-order valence-electron chi connectivity index (χ0n) is 16.1. The number of rotatable bonds is 2. The van der Waals surface area contributed by atoms with Gasteiger partial charge in [-0.25, -0.2) is 6.57 Å². The van der Waals surface area contributed by atoms with E-state index >= 15 is 0 Å². The predicted molar refractivity (Wildman–Crippen MR) is 108 cm³/mol. The van der Waals surface area contributed by atoms with E-state index in [1.165, 1.54) is 44.5 Å². The summed E-state index contributed by atoms with van der Waals surface area (Å²) in [7, 11) is 4.26. The fourth-order valence-corrected chi connectivity index (χ4v) is 4.16. The van der Waals surface area contributed by atoms with Gasteiger partial charge in [-0.2, -0.15) is 4.57 Å². The van der Waals surface area contributed by atoms with E-state index in [4.69, 9.17) is 6.57 Å². The Morgan fingerprint density at radius 2 is 1.92 bits per heavy atom. The van der Waals surface area contributed by atoms with Crippen molar-refractivity contribution in [3.63, 3.8) is 0 Å². The highest BCUT2D eigenvalue weighted by Gasteiger charge is 2.35. The topological polar surface area (TPSA) is 11.5 Å². The molecule has 3 nitrogen and oxygen atoms in total. The van der Waals surface area contributed by atoms with Gasteiger partial charge in [0.2, 0.25) is 11.2 Å². The molecular weight excluding hydrogens is 318 g/mol. The van der Waals surface area contributed by atoms with Crippen molar-refractivity contribution >= 4 is 22.1 Å². The van der Waals surface area contributed by atoms with E-state index < -0.39 is 5.54 Å². The van der Waals surface area contributed by atoms with Gasteiger partial charge in [0.25, 0.3) is 0 Å². The highest BCUT2D eigenvalue weighted by atomic mass is 15.1. The molecular formula is C23H24N3+. The first kappa shape index (κ1) is 16.6. The van der Waals surface area contributed by atoms with Crippen LogP contribution in [0.3, 0.4) is 0 Å². The fraction of sp³-hybridized carbons (Fsp3) is 0.304. The molecule has 0 saturated carbocycles. The van der Waals surface area contributed by atoms with Gasteiger partial charge in [0.1, 0.15) is 12.7 Å². The Morgan fingerprint density at radius 1 is 1.15 bits per heavy atom. The second-order valence-corrected chi connectivity index (χ2v) is 7.94. The number of nitrogens with zero attached hydrogens (tertiary/aromatic N) is 3. The van der Waals surface area contributed by atoms with Crippen molar-refractivity contribution in [1.29, 1.82) is 0 Å². The molecule has 4 rings (SSSR count). The van der Waals surface area contributed by atoms with Crippen LogP contribution in [0.5, 0.6) is 0 Å². The van der Waals surface area contributed by atoms with Gasteiger partial charge >= 0.3 is 0 Å². The van der Waals surface area contributed by atoms with Crippen molar-refractivity contribution in [2.75, 3.05) is 11.9 Å². The highest BCUT2D eigenvalue weighted by Crippen LogP contribution is 2.48. The molecule has 1 aromatic heterocycles. The van der Waals surface area contributed by atoms with Gasteiger partial charge in [-0.1, -0.05) is 24.3 Å². The van der Waals surface area contributed by atoms with Crippen LogP contribution < -0.4 is 9.47 Å². The zero-order chi connectivity index (χ0) is 18.6. The van der Waals surface area contributed by atoms with Gasteiger partial charge < -0.3 is 9.74 Å². The molecule has 0 radical (unpaired) electrons. The van der Waals surface area contributed by atoms with Crippen LogP contribution in [0.1, 0.15) is 25.0 Å². The van der Waals surface area contributed by atoms with Crippen LogP contribution in [0, 0.1) is 13.5 Å². The van der Waals surface area contributed by atoms with Gasteiger partial charge in [0, 0.05) is 38.0 Å². The Bertz CT molecular complexity index is 1090. The van der Waals surface area contributed by atoms with Crippen LogP contribution in [0.25, 0.3) is 26.9 Å². The minimum Gasteiger partial charge on any atom is -0.338 e. The second-order valence-electron chi connectivity index (χ2n) is 7.94. The van der Waals surface area contributed by atoms with Crippen molar-refractivity contribution in [1.82, 2.24) is 0 Å². The van der Waals surface area contributed by atoms with E-state index in [0.29, 0.717) is 0 Å². The third-order valence-corrected chi connectivity index (χ3v) is 5.47. The summed E-state index contributed by atoms with van der Waals surface area (Å²) in [6, 6.07) is 13.1. The van der Waals surface area contributed by atoms with Gasteiger partial charge in [-0.15, -0.1) is 0 Å². The molecule has 1 aliphatic rings. The minimum absolute atomic E-state index is 0.410. The molecule has 0 unspecified atom stereocenters. The van der Waals surface area contributed by atoms with Gasteiger partial charge in [-0.05, 0) is 29.5 Å². The molecule has 0 spiro atoms. The molecule has 0 atom stereocenters. The summed E-state index contributed by atoms with van der Waals surface area (Å²) < 4.78 is 2.22. The summed E-state index contributed by atoms with van der Waals surface area (Å²) >= 11 is 0. The molecule has 0 N–H and O–H groups in total. The molecule has 130 valence electrons. The smallest absolute Gasteiger partial charge is 0.237 e. The van der Waals surface area contributed by atoms with Crippen LogP contribution in [-0.4, -0.2) is 12.6 Å². The molecule has 26 heavy (non-hydrogen) atoms. The number of aromatic nitrogens is 1. The first-order valence-electron chi connectivity index (χ1n) is 9.00. The zero-order valence-corrected chi connectivity index (χ0v) is 16.1. The largest absolute Gasteiger partial charge is 0.338 e. The van der Waals surface area contributed by atoms with E-state index in [1.807, 2.05) is 13.8 Å². The molecule has 0 amide bonds. The lowest BCUT2D eigenvalue weighted by Gasteiger charge is -2.31. The number of benzene rings is 2. The molecule has 0 fully saturated rings. The summed E-state index contributed by atoms with van der Waals surface area (Å²) in [6.07, 6.45) is 2.87. The molecule has 3 aromatic rings. The lowest BCUT2D eigenvalue weighted by Crippen LogP contribution is -2.36. The lowest BCUT2D eigenvalue weighted by molar-refractivity contribution is -0.659. The summed E-state index contributed by atoms with van der Waals surface area (Å²) in [5.41, 5.74) is 7.13. The third-order valence-electron chi connectivity index (χ3n) is 5.47. The van der Waals surface area contributed by atoms with Gasteiger partial charge in [-0.3, -0.25) is 0 Å². The standard InChI is InChI=1S/C23H24N3/c1-15-10-11-16-8-7-9-18-20(16)19(15)22-21(26(18)6)17(12-13-25(22)5)14-23(2,3)24-4/h7-13H,14H2,1-3,5-6H3/q+1. The van der Waals surface area contributed by atoms with E-state index in [1.54, 1.807) is 0 Å². The maximum absolute atomic E-state index is 7.54. The number of fused-ring (bicyclic) bond motifs is 2. The number of pyridine rings is 1. The van der Waals surface area contributed by atoms with Crippen molar-refractivity contribution in [3.8, 4) is 11.3 Å². The Balaban J connectivity index is 2.11. The SMILES string of the molecule is [C-]#[N+]C(C)(C)Cc1cc[n+](C)c2c1N(C)c1cccc3ccc(C)c-2c13. The summed E-state index contributed by atoms with van der Waals surface area (Å²) in [4.78, 5) is 6.14. The Labute approximate surface area is 155 Å². The summed E-state index contributed by atoms with van der Waals surface area (Å²) in [5, 5.41) is 2.59. The van der Waals surface area contributed by atoms with Gasteiger partial charge in [0.15, 0.2) is 6.20 Å². The second kappa shape index (κ2) is 5.57. The number of anilines is 2. The Morgan fingerprint density at radius 3 is 2.65 bits per heavy atom. The van der Waals surface area contributed by atoms with Crippen LogP contribution >= 0.6 is 0 Å². The maximum Gasteiger partial charge on any atom is 0.237 e. The quantitative estimate of drug-likeness (QED) is 0.473.